The van der Waals surface area contributed by atoms with Gasteiger partial charge in [-0.25, -0.2) is 4.98 Å². The van der Waals surface area contributed by atoms with Crippen molar-refractivity contribution in [3.8, 4) is 0 Å². The summed E-state index contributed by atoms with van der Waals surface area (Å²) in [7, 11) is 0. The Kier molecular flexibility index (Phi) is 4.58. The van der Waals surface area contributed by atoms with Gasteiger partial charge in [-0.15, -0.1) is 0 Å². The van der Waals surface area contributed by atoms with Crippen molar-refractivity contribution in [2.45, 2.75) is 33.1 Å². The molecule has 24 heavy (non-hydrogen) atoms. The molecule has 0 fully saturated rings. The number of fused-ring (bicyclic) bond motifs is 1. The van der Waals surface area contributed by atoms with E-state index in [0.29, 0.717) is 28.0 Å². The van der Waals surface area contributed by atoms with E-state index in [-0.39, 0.29) is 5.91 Å². The lowest BCUT2D eigenvalue weighted by Gasteiger charge is -2.15. The van der Waals surface area contributed by atoms with Gasteiger partial charge in [0.1, 0.15) is 11.3 Å². The van der Waals surface area contributed by atoms with Crippen LogP contribution in [0, 0.1) is 6.92 Å². The van der Waals surface area contributed by atoms with E-state index in [9.17, 15) is 4.79 Å². The number of nitrogens with one attached hydrogen (secondary N) is 1. The van der Waals surface area contributed by atoms with Gasteiger partial charge in [-0.05, 0) is 37.0 Å². The predicted octanol–water partition coefficient (Wildman–Crippen LogP) is 5.06. The molecule has 1 N–H and O–H groups in total. The van der Waals surface area contributed by atoms with Crippen LogP contribution in [0.3, 0.4) is 0 Å². The number of amides is 1. The third-order valence-corrected chi connectivity index (χ3v) is 4.56. The minimum absolute atomic E-state index is 0.168. The zero-order chi connectivity index (χ0) is 17.3. The summed E-state index contributed by atoms with van der Waals surface area (Å²) in [5.41, 5.74) is 3.86. The second-order valence-corrected chi connectivity index (χ2v) is 6.41. The van der Waals surface area contributed by atoms with Crippen molar-refractivity contribution in [3.05, 3.63) is 64.6 Å². The van der Waals surface area contributed by atoms with E-state index in [1.807, 2.05) is 25.1 Å². The van der Waals surface area contributed by atoms with E-state index in [0.717, 1.165) is 17.7 Å². The number of carbonyl (C=O) groups is 1. The molecule has 1 atom stereocenters. The summed E-state index contributed by atoms with van der Waals surface area (Å²) in [6, 6.07) is 11.4. The summed E-state index contributed by atoms with van der Waals surface area (Å²) in [4.78, 5) is 17.3. The standard InChI is InChI=1S/C19H20ClN3O/c1-4-12(2)15-7-5-6-8-16(15)22-19(24)18-13(3)21-17-11-14(20)9-10-23(17)18/h5-12H,4H2,1-3H3,(H,22,24). The number of hydrogen-bond acceptors (Lipinski definition) is 2. The van der Waals surface area contributed by atoms with Crippen LogP contribution in [-0.2, 0) is 0 Å². The van der Waals surface area contributed by atoms with Crippen LogP contribution in [0.5, 0.6) is 0 Å². The van der Waals surface area contributed by atoms with E-state index < -0.39 is 0 Å². The first-order valence-electron chi connectivity index (χ1n) is 8.05. The molecule has 0 bridgehead atoms. The summed E-state index contributed by atoms with van der Waals surface area (Å²) >= 11 is 6.01. The Hall–Kier alpha value is -2.33. The van der Waals surface area contributed by atoms with Crippen LogP contribution in [0.25, 0.3) is 5.65 Å². The molecule has 2 aromatic heterocycles. The molecule has 1 amide bonds. The van der Waals surface area contributed by atoms with Crippen molar-refractivity contribution in [2.24, 2.45) is 0 Å². The Labute approximate surface area is 146 Å². The predicted molar refractivity (Wildman–Crippen MR) is 98.0 cm³/mol. The van der Waals surface area contributed by atoms with Gasteiger partial charge in [0.25, 0.3) is 5.91 Å². The molecule has 4 nitrogen and oxygen atoms in total. The topological polar surface area (TPSA) is 46.4 Å². The number of aryl methyl sites for hydroxylation is 1. The highest BCUT2D eigenvalue weighted by Crippen LogP contribution is 2.27. The van der Waals surface area contributed by atoms with Gasteiger partial charge in [0.15, 0.2) is 0 Å². The van der Waals surface area contributed by atoms with Crippen molar-refractivity contribution in [2.75, 3.05) is 5.32 Å². The first kappa shape index (κ1) is 16.5. The van der Waals surface area contributed by atoms with E-state index in [4.69, 9.17) is 11.6 Å². The SMILES string of the molecule is CCC(C)c1ccccc1NC(=O)c1c(C)nc2cc(Cl)ccn12. The molecular weight excluding hydrogens is 322 g/mol. The Morgan fingerprint density at radius 3 is 2.83 bits per heavy atom. The zero-order valence-corrected chi connectivity index (χ0v) is 14.8. The lowest BCUT2D eigenvalue weighted by Crippen LogP contribution is -2.17. The smallest absolute Gasteiger partial charge is 0.274 e. The Bertz CT molecular complexity index is 901. The molecule has 0 spiro atoms. The van der Waals surface area contributed by atoms with Gasteiger partial charge in [-0.3, -0.25) is 9.20 Å². The fraction of sp³-hybridized carbons (Fsp3) is 0.263. The number of halogens is 1. The summed E-state index contributed by atoms with van der Waals surface area (Å²) in [5, 5.41) is 3.64. The molecule has 124 valence electrons. The monoisotopic (exact) mass is 341 g/mol. The number of nitrogens with zero attached hydrogens (tertiary/aromatic N) is 2. The minimum atomic E-state index is -0.168. The van der Waals surface area contributed by atoms with Crippen LogP contribution in [-0.4, -0.2) is 15.3 Å². The lowest BCUT2D eigenvalue weighted by molar-refractivity contribution is 0.102. The summed E-state index contributed by atoms with van der Waals surface area (Å²) in [6.45, 7) is 6.13. The molecule has 2 heterocycles. The van der Waals surface area contributed by atoms with Crippen LogP contribution < -0.4 is 5.32 Å². The van der Waals surface area contributed by atoms with Crippen LogP contribution in [0.1, 0.15) is 47.9 Å². The third-order valence-electron chi connectivity index (χ3n) is 4.33. The van der Waals surface area contributed by atoms with Crippen LogP contribution >= 0.6 is 11.6 Å². The highest BCUT2D eigenvalue weighted by atomic mass is 35.5. The number of pyridine rings is 1. The number of para-hydroxylation sites is 1. The van der Waals surface area contributed by atoms with Gasteiger partial charge in [0.05, 0.1) is 5.69 Å². The number of benzene rings is 1. The van der Waals surface area contributed by atoms with Gasteiger partial charge < -0.3 is 5.32 Å². The van der Waals surface area contributed by atoms with E-state index in [1.165, 1.54) is 0 Å². The van der Waals surface area contributed by atoms with Crippen molar-refractivity contribution in [1.29, 1.82) is 0 Å². The van der Waals surface area contributed by atoms with Crippen LogP contribution in [0.15, 0.2) is 42.6 Å². The van der Waals surface area contributed by atoms with Crippen molar-refractivity contribution in [1.82, 2.24) is 9.38 Å². The number of aromatic nitrogens is 2. The summed E-state index contributed by atoms with van der Waals surface area (Å²) in [6.07, 6.45) is 2.78. The second-order valence-electron chi connectivity index (χ2n) is 5.97. The molecule has 0 saturated carbocycles. The number of anilines is 1. The van der Waals surface area contributed by atoms with Gasteiger partial charge in [0, 0.05) is 23.0 Å². The van der Waals surface area contributed by atoms with Gasteiger partial charge in [-0.2, -0.15) is 0 Å². The maximum atomic E-state index is 12.9. The lowest BCUT2D eigenvalue weighted by atomic mass is 9.97. The molecule has 5 heteroatoms. The van der Waals surface area contributed by atoms with Gasteiger partial charge >= 0.3 is 0 Å². The third kappa shape index (κ3) is 3.02. The first-order chi connectivity index (χ1) is 11.5. The summed E-state index contributed by atoms with van der Waals surface area (Å²) < 4.78 is 1.77. The Balaban J connectivity index is 1.98. The Morgan fingerprint density at radius 1 is 1.33 bits per heavy atom. The molecule has 0 radical (unpaired) electrons. The van der Waals surface area contributed by atoms with Crippen LogP contribution in [0.2, 0.25) is 5.02 Å². The number of carbonyl (C=O) groups excluding carboxylic acids is 1. The molecule has 3 aromatic rings. The average molecular weight is 342 g/mol. The average Bonchev–Trinajstić information content (AvgIpc) is 2.89. The molecule has 3 rings (SSSR count). The van der Waals surface area contributed by atoms with E-state index >= 15 is 0 Å². The largest absolute Gasteiger partial charge is 0.320 e. The van der Waals surface area contributed by atoms with Crippen LogP contribution in [0.4, 0.5) is 5.69 Å². The number of hydrogen-bond donors (Lipinski definition) is 1. The maximum absolute atomic E-state index is 12.9. The van der Waals surface area contributed by atoms with Crippen molar-refractivity contribution >= 4 is 28.8 Å². The molecule has 0 saturated heterocycles. The van der Waals surface area contributed by atoms with E-state index in [1.54, 1.807) is 22.7 Å². The molecule has 0 aliphatic rings. The fourth-order valence-corrected chi connectivity index (χ4v) is 3.01. The highest BCUT2D eigenvalue weighted by molar-refractivity contribution is 6.30. The molecule has 1 unspecified atom stereocenters. The van der Waals surface area contributed by atoms with Gasteiger partial charge in [-0.1, -0.05) is 43.6 Å². The maximum Gasteiger partial charge on any atom is 0.274 e. The summed E-state index contributed by atoms with van der Waals surface area (Å²) in [5.74, 6) is 0.210. The first-order valence-corrected chi connectivity index (χ1v) is 8.43. The molecule has 0 aliphatic carbocycles. The number of rotatable bonds is 4. The fourth-order valence-electron chi connectivity index (χ4n) is 2.85. The highest BCUT2D eigenvalue weighted by Gasteiger charge is 2.18. The number of imidazole rings is 1. The Morgan fingerprint density at radius 2 is 2.08 bits per heavy atom. The molecule has 1 aromatic carbocycles. The van der Waals surface area contributed by atoms with Crippen molar-refractivity contribution in [3.63, 3.8) is 0 Å². The van der Waals surface area contributed by atoms with Crippen molar-refractivity contribution < 1.29 is 4.79 Å². The minimum Gasteiger partial charge on any atom is -0.320 e. The van der Waals surface area contributed by atoms with E-state index in [2.05, 4.69) is 30.2 Å². The zero-order valence-electron chi connectivity index (χ0n) is 14.0. The molecular formula is C19H20ClN3O. The second kappa shape index (κ2) is 6.65. The van der Waals surface area contributed by atoms with Gasteiger partial charge in [0.2, 0.25) is 0 Å². The quantitative estimate of drug-likeness (QED) is 0.720. The molecule has 0 aliphatic heterocycles. The normalized spacial score (nSPS) is 12.3.